The van der Waals surface area contributed by atoms with Gasteiger partial charge in [0.15, 0.2) is 0 Å². The van der Waals surface area contributed by atoms with Crippen molar-refractivity contribution >= 4 is 34.5 Å². The Hall–Kier alpha value is -4.30. The Morgan fingerprint density at radius 1 is 0.974 bits per heavy atom. The van der Waals surface area contributed by atoms with Crippen LogP contribution in [0.15, 0.2) is 72.9 Å². The van der Waals surface area contributed by atoms with Crippen molar-refractivity contribution in [2.24, 2.45) is 0 Å². The summed E-state index contributed by atoms with van der Waals surface area (Å²) in [6, 6.07) is 21.6. The molecule has 1 amide bonds. The van der Waals surface area contributed by atoms with E-state index in [1.807, 2.05) is 48.5 Å². The second-order valence-electron chi connectivity index (χ2n) is 9.88. The molecule has 0 radical (unpaired) electrons. The molecule has 0 saturated heterocycles. The number of carbonyl (C=O) groups excluding carboxylic acids is 1. The van der Waals surface area contributed by atoms with Crippen molar-refractivity contribution in [3.05, 3.63) is 100 Å². The lowest BCUT2D eigenvalue weighted by molar-refractivity contribution is 0.0937. The van der Waals surface area contributed by atoms with E-state index in [0.29, 0.717) is 29.5 Å². The van der Waals surface area contributed by atoms with E-state index in [1.54, 1.807) is 18.3 Å². The second kappa shape index (κ2) is 11.2. The predicted octanol–water partition coefficient (Wildman–Crippen LogP) is 6.61. The van der Waals surface area contributed by atoms with Gasteiger partial charge in [0, 0.05) is 24.0 Å². The van der Waals surface area contributed by atoms with Gasteiger partial charge in [-0.15, -0.1) is 0 Å². The first-order valence-electron chi connectivity index (χ1n) is 13.2. The monoisotopic (exact) mass is 540 g/mol. The number of imidazole rings is 1. The molecule has 6 rings (SSSR count). The molecule has 0 spiro atoms. The average Bonchev–Trinajstić information content (AvgIpc) is 3.71. The van der Waals surface area contributed by atoms with E-state index in [4.69, 9.17) is 16.3 Å². The normalized spacial score (nSPS) is 13.6. The Morgan fingerprint density at radius 3 is 2.46 bits per heavy atom. The first-order valence-corrected chi connectivity index (χ1v) is 13.5. The number of carbonyl (C=O) groups is 1. The molecule has 4 N–H and O–H groups in total. The van der Waals surface area contributed by atoms with Crippen molar-refractivity contribution in [1.82, 2.24) is 25.5 Å². The number of nitrogens with zero attached hydrogens (tertiary/aromatic N) is 2. The molecular formula is C30H29ClN6O2. The molecule has 39 heavy (non-hydrogen) atoms. The van der Waals surface area contributed by atoms with E-state index in [0.717, 1.165) is 52.2 Å². The van der Waals surface area contributed by atoms with Crippen molar-refractivity contribution in [3.8, 4) is 11.5 Å². The van der Waals surface area contributed by atoms with Gasteiger partial charge in [0.1, 0.15) is 11.5 Å². The Bertz CT molecular complexity index is 1570. The van der Waals surface area contributed by atoms with Gasteiger partial charge in [-0.3, -0.25) is 9.89 Å². The number of benzene rings is 3. The van der Waals surface area contributed by atoms with Crippen molar-refractivity contribution in [2.75, 3.05) is 5.32 Å². The molecule has 1 fully saturated rings. The Kier molecular flexibility index (Phi) is 7.19. The van der Waals surface area contributed by atoms with Gasteiger partial charge in [-0.25, -0.2) is 4.98 Å². The fraction of sp³-hybridized carbons (Fsp3) is 0.233. The number of aromatic amines is 2. The summed E-state index contributed by atoms with van der Waals surface area (Å²) in [5.41, 5.74) is 5.38. The molecule has 0 atom stereocenters. The minimum atomic E-state index is -0.0515. The molecule has 8 nitrogen and oxygen atoms in total. The van der Waals surface area contributed by atoms with Crippen LogP contribution in [0, 0.1) is 0 Å². The van der Waals surface area contributed by atoms with E-state index in [-0.39, 0.29) is 11.9 Å². The molecule has 2 heterocycles. The smallest absolute Gasteiger partial charge is 0.254 e. The Labute approximate surface area is 231 Å². The van der Waals surface area contributed by atoms with Crippen LogP contribution in [-0.2, 0) is 13.0 Å². The van der Waals surface area contributed by atoms with Crippen LogP contribution in [0.3, 0.4) is 0 Å². The molecule has 2 aromatic heterocycles. The molecule has 1 aliphatic carbocycles. The summed E-state index contributed by atoms with van der Waals surface area (Å²) < 4.78 is 5.86. The fourth-order valence-electron chi connectivity index (χ4n) is 4.93. The SMILES string of the molecule is O=C(NC1CCCC1)c1cn[nH]c1Cc1ccc2nc(NCc3ccc(Oc4ccc(Cl)cc4)cc3)[nH]c2c1. The third kappa shape index (κ3) is 6.07. The lowest BCUT2D eigenvalue weighted by Gasteiger charge is -2.11. The van der Waals surface area contributed by atoms with Crippen LogP contribution in [0.2, 0.25) is 5.02 Å². The van der Waals surface area contributed by atoms with Crippen LogP contribution in [0.5, 0.6) is 11.5 Å². The summed E-state index contributed by atoms with van der Waals surface area (Å²) in [6.45, 7) is 0.613. The van der Waals surface area contributed by atoms with Crippen LogP contribution in [0.4, 0.5) is 5.95 Å². The lowest BCUT2D eigenvalue weighted by Crippen LogP contribution is -2.32. The molecular weight excluding hydrogens is 512 g/mol. The maximum absolute atomic E-state index is 12.8. The number of hydrogen-bond acceptors (Lipinski definition) is 5. The van der Waals surface area contributed by atoms with Crippen molar-refractivity contribution in [2.45, 2.75) is 44.7 Å². The zero-order valence-corrected chi connectivity index (χ0v) is 22.1. The standard InChI is InChI=1S/C30H29ClN6O2/c31-21-8-12-24(13-9-21)39-23-10-5-19(6-11-23)17-32-30-35-26-14-7-20(16-28(26)36-30)15-27-25(18-33-37-27)29(38)34-22-3-1-2-4-22/h5-14,16,18,22H,1-4,15,17H2,(H,33,37)(H,34,38)(H2,32,35,36). The number of aromatic nitrogens is 4. The van der Waals surface area contributed by atoms with Crippen molar-refractivity contribution < 1.29 is 9.53 Å². The fourth-order valence-corrected chi connectivity index (χ4v) is 5.06. The molecule has 198 valence electrons. The number of halogens is 1. The van der Waals surface area contributed by atoms with Gasteiger partial charge in [-0.05, 0) is 72.5 Å². The highest BCUT2D eigenvalue weighted by molar-refractivity contribution is 6.30. The molecule has 3 aromatic carbocycles. The maximum atomic E-state index is 12.8. The summed E-state index contributed by atoms with van der Waals surface area (Å²) in [6.07, 6.45) is 6.65. The first kappa shape index (κ1) is 25.0. The summed E-state index contributed by atoms with van der Waals surface area (Å²) in [7, 11) is 0. The number of anilines is 1. The average molecular weight is 541 g/mol. The van der Waals surface area contributed by atoms with E-state index in [2.05, 4.69) is 36.9 Å². The third-order valence-electron chi connectivity index (χ3n) is 7.01. The Morgan fingerprint density at radius 2 is 1.69 bits per heavy atom. The highest BCUT2D eigenvalue weighted by Crippen LogP contribution is 2.24. The number of H-pyrrole nitrogens is 2. The minimum Gasteiger partial charge on any atom is -0.457 e. The van der Waals surface area contributed by atoms with Crippen LogP contribution in [0.25, 0.3) is 11.0 Å². The van der Waals surface area contributed by atoms with E-state index in [1.165, 1.54) is 12.8 Å². The second-order valence-corrected chi connectivity index (χ2v) is 10.3. The molecule has 5 aromatic rings. The lowest BCUT2D eigenvalue weighted by atomic mass is 10.1. The Balaban J connectivity index is 1.07. The summed E-state index contributed by atoms with van der Waals surface area (Å²) in [5.74, 6) is 2.14. The highest BCUT2D eigenvalue weighted by Gasteiger charge is 2.21. The summed E-state index contributed by atoms with van der Waals surface area (Å²) >= 11 is 5.94. The molecule has 0 unspecified atom stereocenters. The van der Waals surface area contributed by atoms with Crippen molar-refractivity contribution in [3.63, 3.8) is 0 Å². The van der Waals surface area contributed by atoms with Crippen LogP contribution >= 0.6 is 11.6 Å². The summed E-state index contributed by atoms with van der Waals surface area (Å²) in [5, 5.41) is 14.3. The van der Waals surface area contributed by atoms with Crippen LogP contribution in [0.1, 0.15) is 52.9 Å². The van der Waals surface area contributed by atoms with E-state index in [9.17, 15) is 4.79 Å². The largest absolute Gasteiger partial charge is 0.457 e. The zero-order chi connectivity index (χ0) is 26.6. The number of fused-ring (bicyclic) bond motifs is 1. The summed E-state index contributed by atoms with van der Waals surface area (Å²) in [4.78, 5) is 20.8. The number of amides is 1. The van der Waals surface area contributed by atoms with Gasteiger partial charge in [0.25, 0.3) is 5.91 Å². The maximum Gasteiger partial charge on any atom is 0.254 e. The minimum absolute atomic E-state index is 0.0515. The van der Waals surface area contributed by atoms with Gasteiger partial charge in [0.2, 0.25) is 5.95 Å². The van der Waals surface area contributed by atoms with Gasteiger partial charge < -0.3 is 20.4 Å². The first-order chi connectivity index (χ1) is 19.1. The van der Waals surface area contributed by atoms with Crippen molar-refractivity contribution in [1.29, 1.82) is 0 Å². The van der Waals surface area contributed by atoms with Gasteiger partial charge >= 0.3 is 0 Å². The number of rotatable bonds is 9. The van der Waals surface area contributed by atoms with Gasteiger partial charge in [-0.2, -0.15) is 5.10 Å². The third-order valence-corrected chi connectivity index (χ3v) is 7.27. The van der Waals surface area contributed by atoms with Gasteiger partial charge in [0.05, 0.1) is 28.5 Å². The molecule has 0 aliphatic heterocycles. The molecule has 9 heteroatoms. The number of hydrogen-bond donors (Lipinski definition) is 4. The molecule has 0 bridgehead atoms. The number of ether oxygens (including phenoxy) is 1. The van der Waals surface area contributed by atoms with E-state index < -0.39 is 0 Å². The topological polar surface area (TPSA) is 108 Å². The number of nitrogens with one attached hydrogen (secondary N) is 4. The highest BCUT2D eigenvalue weighted by atomic mass is 35.5. The molecule has 1 saturated carbocycles. The zero-order valence-electron chi connectivity index (χ0n) is 21.3. The predicted molar refractivity (Wildman–Crippen MR) is 153 cm³/mol. The van der Waals surface area contributed by atoms with E-state index >= 15 is 0 Å². The van der Waals surface area contributed by atoms with Crippen LogP contribution in [-0.4, -0.2) is 32.1 Å². The van der Waals surface area contributed by atoms with Crippen LogP contribution < -0.4 is 15.4 Å². The molecule has 1 aliphatic rings. The van der Waals surface area contributed by atoms with Gasteiger partial charge in [-0.1, -0.05) is 42.6 Å². The quantitative estimate of drug-likeness (QED) is 0.168.